The van der Waals surface area contributed by atoms with E-state index in [1.54, 1.807) is 51.9 Å². The first kappa shape index (κ1) is 57.7. The molecular weight excluding hydrogens is 929 g/mol. The Labute approximate surface area is 425 Å². The van der Waals surface area contributed by atoms with Gasteiger partial charge in [0, 0.05) is 32.0 Å². The fraction of sp³-hybridized carbons (Fsp3) is 0.667. The van der Waals surface area contributed by atoms with E-state index in [2.05, 4.69) is 40.4 Å². The number of nitrogens with one attached hydrogen (secondary N) is 3. The second-order valence-electron chi connectivity index (χ2n) is 20.2. The number of ketones is 1. The number of hydrogen-bond acceptors (Lipinski definition) is 18. The number of aliphatic hydroxyl groups excluding tert-OH is 4. The van der Waals surface area contributed by atoms with Crippen LogP contribution >= 0.6 is 0 Å². The Morgan fingerprint density at radius 3 is 2.00 bits per heavy atom. The molecule has 3 saturated heterocycles. The summed E-state index contributed by atoms with van der Waals surface area (Å²) in [6.07, 6.45) is -6.14. The molecule has 4 aliphatic rings. The van der Waals surface area contributed by atoms with Crippen LogP contribution < -0.4 is 16.2 Å². The Bertz CT molecular complexity index is 2030. The van der Waals surface area contributed by atoms with Gasteiger partial charge < -0.3 is 63.2 Å². The van der Waals surface area contributed by atoms with Gasteiger partial charge in [-0.15, -0.1) is 0 Å². The van der Waals surface area contributed by atoms with Crippen LogP contribution in [0.15, 0.2) is 84.5 Å². The Balaban J connectivity index is 1.28. The van der Waals surface area contributed by atoms with Crippen molar-refractivity contribution in [2.24, 2.45) is 23.7 Å². The number of likely N-dealkylation sites (N-methyl/N-ethyl adjacent to an activating group) is 1. The molecule has 6 rings (SSSR count). The third kappa shape index (κ3) is 14.6. The molecular formula is C54H82N4O14. The minimum absolute atomic E-state index is 0.0109. The Morgan fingerprint density at radius 1 is 0.750 bits per heavy atom. The molecule has 0 bridgehead atoms. The molecule has 0 aromatic heterocycles. The fourth-order valence-corrected chi connectivity index (χ4v) is 10.5. The van der Waals surface area contributed by atoms with Gasteiger partial charge in [0.1, 0.15) is 30.5 Å². The number of rotatable bonds is 15. The van der Waals surface area contributed by atoms with Crippen molar-refractivity contribution >= 4 is 11.8 Å². The second kappa shape index (κ2) is 27.3. The summed E-state index contributed by atoms with van der Waals surface area (Å²) in [5.74, 6) is -3.17. The van der Waals surface area contributed by atoms with Crippen molar-refractivity contribution in [3.8, 4) is 0 Å². The van der Waals surface area contributed by atoms with Gasteiger partial charge in [-0.3, -0.25) is 14.9 Å². The van der Waals surface area contributed by atoms with Gasteiger partial charge in [-0.2, -0.15) is 0 Å². The highest BCUT2D eigenvalue weighted by atomic mass is 16.7. The number of ether oxygens (including phenoxy) is 8. The minimum Gasteiger partial charge on any atom is -0.462 e. The molecule has 0 radical (unpaired) electrons. The average Bonchev–Trinajstić information content (AvgIpc) is 3.37. The lowest BCUT2D eigenvalue weighted by Crippen LogP contribution is -2.63. The largest absolute Gasteiger partial charge is 0.462 e. The number of carbonyl (C=O) groups excluding carboxylic acids is 2. The number of hydrogen-bond donors (Lipinski definition) is 7. The number of cyclic esters (lactones) is 1. The Hall–Kier alpha value is -3.54. The maximum Gasteiger partial charge on any atom is 0.308 e. The smallest absolute Gasteiger partial charge is 0.308 e. The van der Waals surface area contributed by atoms with E-state index in [1.807, 2.05) is 63.2 Å². The number of nitrogens with zero attached hydrogens (tertiary/aromatic N) is 1. The number of aliphatic hydroxyl groups is 4. The normalized spacial score (nSPS) is 40.0. The summed E-state index contributed by atoms with van der Waals surface area (Å²) in [6.45, 7) is 11.0. The van der Waals surface area contributed by atoms with Gasteiger partial charge in [-0.05, 0) is 77.2 Å². The van der Waals surface area contributed by atoms with Gasteiger partial charge in [-0.25, -0.2) is 10.9 Å². The lowest BCUT2D eigenvalue weighted by Gasteiger charge is -2.46. The molecule has 3 unspecified atom stereocenters. The van der Waals surface area contributed by atoms with E-state index in [-0.39, 0.29) is 37.5 Å². The number of allylic oxidation sites excluding steroid dienone is 3. The summed E-state index contributed by atoms with van der Waals surface area (Å²) in [6, 6.07) is 19.2. The molecule has 0 spiro atoms. The van der Waals surface area contributed by atoms with Crippen molar-refractivity contribution in [3.63, 3.8) is 0 Å². The molecule has 2 aromatic carbocycles. The predicted octanol–water partition coefficient (Wildman–Crippen LogP) is 3.84. The topological polar surface area (TPSA) is 228 Å². The summed E-state index contributed by atoms with van der Waals surface area (Å²) in [5.41, 5.74) is 9.61. The summed E-state index contributed by atoms with van der Waals surface area (Å²) in [4.78, 5) is 29.9. The van der Waals surface area contributed by atoms with Crippen LogP contribution in [-0.2, 0) is 47.5 Å². The van der Waals surface area contributed by atoms with Gasteiger partial charge >= 0.3 is 5.97 Å². The number of esters is 1. The van der Waals surface area contributed by atoms with Crippen molar-refractivity contribution in [3.05, 3.63) is 95.6 Å². The molecule has 72 heavy (non-hydrogen) atoms. The van der Waals surface area contributed by atoms with Crippen LogP contribution in [0.25, 0.3) is 0 Å². The molecule has 0 amide bonds. The minimum atomic E-state index is -1.31. The summed E-state index contributed by atoms with van der Waals surface area (Å²) < 4.78 is 49.3. The summed E-state index contributed by atoms with van der Waals surface area (Å²) >= 11 is 0. The van der Waals surface area contributed by atoms with Gasteiger partial charge in [0.2, 0.25) is 0 Å². The van der Waals surface area contributed by atoms with E-state index in [0.717, 1.165) is 16.7 Å². The zero-order valence-corrected chi connectivity index (χ0v) is 43.6. The van der Waals surface area contributed by atoms with Gasteiger partial charge in [0.15, 0.2) is 24.7 Å². The number of hydrazine groups is 1. The van der Waals surface area contributed by atoms with Crippen molar-refractivity contribution < 1.29 is 67.9 Å². The van der Waals surface area contributed by atoms with E-state index >= 15 is 0 Å². The lowest BCUT2D eigenvalue weighted by atomic mass is 9.79. The van der Waals surface area contributed by atoms with E-state index < -0.39 is 122 Å². The predicted molar refractivity (Wildman–Crippen MR) is 267 cm³/mol. The van der Waals surface area contributed by atoms with Crippen molar-refractivity contribution in [2.75, 3.05) is 41.5 Å². The van der Waals surface area contributed by atoms with Gasteiger partial charge in [0.05, 0.1) is 68.3 Å². The third-order valence-electron chi connectivity index (χ3n) is 14.8. The molecule has 20 atom stereocenters. The first-order valence-electron chi connectivity index (χ1n) is 25.6. The van der Waals surface area contributed by atoms with E-state index in [1.165, 1.54) is 14.2 Å². The summed E-state index contributed by atoms with van der Waals surface area (Å²) in [5, 5.41) is 49.3. The zero-order chi connectivity index (χ0) is 52.2. The second-order valence-corrected chi connectivity index (χ2v) is 20.2. The molecule has 402 valence electrons. The van der Waals surface area contributed by atoms with E-state index in [4.69, 9.17) is 37.9 Å². The van der Waals surface area contributed by atoms with Crippen molar-refractivity contribution in [1.29, 1.82) is 0 Å². The van der Waals surface area contributed by atoms with Gasteiger partial charge in [0.25, 0.3) is 0 Å². The highest BCUT2D eigenvalue weighted by Crippen LogP contribution is 2.36. The van der Waals surface area contributed by atoms with Crippen LogP contribution in [0.2, 0.25) is 0 Å². The monoisotopic (exact) mass is 1010 g/mol. The molecule has 0 aliphatic carbocycles. The van der Waals surface area contributed by atoms with Crippen LogP contribution in [0.1, 0.15) is 90.4 Å². The quantitative estimate of drug-likeness (QED) is 0.126. The maximum atomic E-state index is 14.2. The number of carbonyl (C=O) groups is 2. The fourth-order valence-electron chi connectivity index (χ4n) is 10.5. The molecule has 4 aliphatic heterocycles. The number of benzene rings is 2. The first-order valence-corrected chi connectivity index (χ1v) is 25.6. The molecule has 18 heteroatoms. The lowest BCUT2D eigenvalue weighted by molar-refractivity contribution is -0.304. The number of methoxy groups -OCH3 is 2. The van der Waals surface area contributed by atoms with Gasteiger partial charge in [-0.1, -0.05) is 99.2 Å². The maximum absolute atomic E-state index is 14.2. The van der Waals surface area contributed by atoms with E-state index in [9.17, 15) is 30.0 Å². The highest BCUT2D eigenvalue weighted by molar-refractivity contribution is 5.91. The average molecular weight is 1010 g/mol. The van der Waals surface area contributed by atoms with Crippen LogP contribution in [0, 0.1) is 23.7 Å². The van der Waals surface area contributed by atoms with Crippen LogP contribution in [0.3, 0.4) is 0 Å². The zero-order valence-electron chi connectivity index (χ0n) is 43.6. The van der Waals surface area contributed by atoms with Crippen molar-refractivity contribution in [1.82, 2.24) is 21.1 Å². The first-order chi connectivity index (χ1) is 34.4. The van der Waals surface area contributed by atoms with Crippen molar-refractivity contribution in [2.45, 2.75) is 165 Å². The SMILES string of the molecule is CC[C@H]1OC(=O)C[C@@H](O)[C@H](C)[C@@H](O[C@@H]2O[C@H](C)[C@@H](O)[C@H](N(C)C)[C@H]2O)[C@@H](CCOC2NNC(c3ccccc3)C(c3ccccc3)N2)C[C@@H](C)C(=O)/C=C/C(C)=C/[C@@H]1CO[C@@H]1O[C@H](C)[C@@H](O)[C@@H](OC)[C@H]1OC. The standard InChI is InChI=1S/C54H82N4O14/c1-11-41-38(29-68-53-51(66-10)50(65-9)47(63)34(6)70-53)26-30(2)22-23-39(59)31(3)27-37(24-25-67-54-55-43(35-18-14-12-15-19-35)44(56-57-54)36-20-16-13-17-21-36)49(32(4)40(60)28-42(61)71-41)72-52-48(64)45(58(7)8)46(62)33(5)69-52/h12-23,26,31-34,37-38,40-41,43-57,60,62-64H,11,24-25,27-29H2,1-10H3/b23-22+,30-26+/t31-,32+,33-,34-,37+,38-,40-,41-,43?,44?,45+,46-,47-,48-,49-,50-,51-,52+,53-,54?/m1/s1. The molecule has 0 saturated carbocycles. The summed E-state index contributed by atoms with van der Waals surface area (Å²) in [7, 11) is 6.47. The third-order valence-corrected chi connectivity index (χ3v) is 14.8. The molecule has 4 heterocycles. The van der Waals surface area contributed by atoms with Crippen LogP contribution in [-0.4, -0.2) is 165 Å². The Morgan fingerprint density at radius 2 is 1.38 bits per heavy atom. The molecule has 2 aromatic rings. The Kier molecular flexibility index (Phi) is 21.9. The molecule has 3 fully saturated rings. The van der Waals surface area contributed by atoms with Crippen LogP contribution in [0.4, 0.5) is 0 Å². The molecule has 18 nitrogen and oxygen atoms in total. The molecule has 7 N–H and O–H groups in total. The highest BCUT2D eigenvalue weighted by Gasteiger charge is 2.48. The van der Waals surface area contributed by atoms with Crippen LogP contribution in [0.5, 0.6) is 0 Å². The van der Waals surface area contributed by atoms with E-state index in [0.29, 0.717) is 12.8 Å².